The third-order valence-electron chi connectivity index (χ3n) is 4.64. The third kappa shape index (κ3) is 6.73. The lowest BCUT2D eigenvalue weighted by Crippen LogP contribution is -2.42. The molecule has 0 bridgehead atoms. The minimum Gasteiger partial charge on any atom is -0.462 e. The number of piperidine rings is 1. The van der Waals surface area contributed by atoms with Crippen LogP contribution in [0.2, 0.25) is 0 Å². The van der Waals surface area contributed by atoms with Crippen molar-refractivity contribution < 1.29 is 23.9 Å². The van der Waals surface area contributed by atoms with E-state index in [0.29, 0.717) is 42.5 Å². The predicted molar refractivity (Wildman–Crippen MR) is 108 cm³/mol. The number of rotatable bonds is 5. The van der Waals surface area contributed by atoms with Crippen LogP contribution in [-0.4, -0.2) is 59.7 Å². The number of pyridine rings is 1. The summed E-state index contributed by atoms with van der Waals surface area (Å²) in [5.41, 5.74) is 0.648. The fourth-order valence-corrected chi connectivity index (χ4v) is 3.15. The van der Waals surface area contributed by atoms with Crippen molar-refractivity contribution in [2.45, 2.75) is 53.1 Å². The van der Waals surface area contributed by atoms with E-state index in [4.69, 9.17) is 9.47 Å². The quantitative estimate of drug-likeness (QED) is 0.757. The lowest BCUT2D eigenvalue weighted by Gasteiger charge is -2.32. The number of amides is 2. The molecule has 8 nitrogen and oxygen atoms in total. The molecule has 0 aliphatic carbocycles. The van der Waals surface area contributed by atoms with Gasteiger partial charge in [-0.15, -0.1) is 0 Å². The van der Waals surface area contributed by atoms with E-state index < -0.39 is 17.7 Å². The summed E-state index contributed by atoms with van der Waals surface area (Å²) in [7, 11) is 0. The molecule has 2 rings (SSSR count). The van der Waals surface area contributed by atoms with Gasteiger partial charge in [0, 0.05) is 19.6 Å². The fraction of sp³-hybridized carbons (Fsp3) is 0.619. The van der Waals surface area contributed by atoms with Gasteiger partial charge in [-0.05, 0) is 65.5 Å². The number of nitrogens with zero attached hydrogens (tertiary/aromatic N) is 2. The van der Waals surface area contributed by atoms with Gasteiger partial charge in [-0.3, -0.25) is 4.79 Å². The Kier molecular flexibility index (Phi) is 7.59. The molecule has 29 heavy (non-hydrogen) atoms. The lowest BCUT2D eigenvalue weighted by atomic mass is 9.96. The Labute approximate surface area is 172 Å². The number of likely N-dealkylation sites (tertiary alicyclic amines) is 1. The molecule has 0 radical (unpaired) electrons. The normalized spacial score (nSPS) is 15.0. The summed E-state index contributed by atoms with van der Waals surface area (Å²) >= 11 is 0. The molecule has 1 aromatic heterocycles. The number of nitrogens with one attached hydrogen (secondary N) is 1. The first kappa shape index (κ1) is 22.6. The standard InChI is InChI=1S/C21H31N3O5/c1-6-28-19(26)16-7-8-17(23-14(16)2)18(25)24-11-9-15(10-12-24)13-22-20(27)29-21(3,4)5/h7-8,15H,6,9-13H2,1-5H3,(H,22,27). The van der Waals surface area contributed by atoms with Gasteiger partial charge >= 0.3 is 12.1 Å². The molecule has 1 saturated heterocycles. The zero-order valence-electron chi connectivity index (χ0n) is 17.9. The van der Waals surface area contributed by atoms with E-state index in [2.05, 4.69) is 10.3 Å². The highest BCUT2D eigenvalue weighted by atomic mass is 16.6. The number of hydrogen-bond donors (Lipinski definition) is 1. The van der Waals surface area contributed by atoms with Crippen molar-refractivity contribution in [1.82, 2.24) is 15.2 Å². The summed E-state index contributed by atoms with van der Waals surface area (Å²) in [4.78, 5) is 42.4. The van der Waals surface area contributed by atoms with Crippen LogP contribution in [0.25, 0.3) is 0 Å². The SMILES string of the molecule is CCOC(=O)c1ccc(C(=O)N2CCC(CNC(=O)OC(C)(C)C)CC2)nc1C. The lowest BCUT2D eigenvalue weighted by molar-refractivity contribution is 0.0498. The molecule has 8 heteroatoms. The number of aryl methyl sites for hydroxylation is 1. The smallest absolute Gasteiger partial charge is 0.407 e. The van der Waals surface area contributed by atoms with Crippen LogP contribution in [0.1, 0.15) is 67.1 Å². The van der Waals surface area contributed by atoms with Crippen molar-refractivity contribution in [3.63, 3.8) is 0 Å². The molecule has 0 unspecified atom stereocenters. The Balaban J connectivity index is 1.86. The second-order valence-corrected chi connectivity index (χ2v) is 8.17. The molecule has 160 valence electrons. The van der Waals surface area contributed by atoms with Gasteiger partial charge in [0.1, 0.15) is 11.3 Å². The summed E-state index contributed by atoms with van der Waals surface area (Å²) in [5.74, 6) is -0.288. The maximum absolute atomic E-state index is 12.7. The number of carbonyl (C=O) groups excluding carboxylic acids is 3. The van der Waals surface area contributed by atoms with Crippen molar-refractivity contribution in [1.29, 1.82) is 0 Å². The number of aromatic nitrogens is 1. The first-order chi connectivity index (χ1) is 13.6. The molecule has 1 N–H and O–H groups in total. The third-order valence-corrected chi connectivity index (χ3v) is 4.64. The van der Waals surface area contributed by atoms with Crippen LogP contribution >= 0.6 is 0 Å². The molecule has 0 spiro atoms. The van der Waals surface area contributed by atoms with Gasteiger partial charge < -0.3 is 19.7 Å². The molecule has 1 aromatic rings. The molecule has 2 amide bonds. The van der Waals surface area contributed by atoms with Gasteiger partial charge in [-0.2, -0.15) is 0 Å². The Morgan fingerprint density at radius 3 is 2.41 bits per heavy atom. The summed E-state index contributed by atoms with van der Waals surface area (Å²) in [6.07, 6.45) is 1.17. The van der Waals surface area contributed by atoms with E-state index >= 15 is 0 Å². The molecule has 1 fully saturated rings. The minimum absolute atomic E-state index is 0.151. The van der Waals surface area contributed by atoms with Gasteiger partial charge in [-0.1, -0.05) is 0 Å². The Morgan fingerprint density at radius 2 is 1.86 bits per heavy atom. The second-order valence-electron chi connectivity index (χ2n) is 8.17. The summed E-state index contributed by atoms with van der Waals surface area (Å²) in [6, 6.07) is 3.16. The molecule has 0 atom stereocenters. The molecular weight excluding hydrogens is 374 g/mol. The molecule has 2 heterocycles. The highest BCUT2D eigenvalue weighted by Gasteiger charge is 2.26. The molecular formula is C21H31N3O5. The Bertz CT molecular complexity index is 749. The van der Waals surface area contributed by atoms with E-state index in [9.17, 15) is 14.4 Å². The van der Waals surface area contributed by atoms with E-state index in [1.54, 1.807) is 30.9 Å². The van der Waals surface area contributed by atoms with Gasteiger partial charge in [-0.25, -0.2) is 14.6 Å². The highest BCUT2D eigenvalue weighted by molar-refractivity contribution is 5.95. The van der Waals surface area contributed by atoms with Crippen molar-refractivity contribution in [2.75, 3.05) is 26.2 Å². The summed E-state index contributed by atoms with van der Waals surface area (Å²) < 4.78 is 10.2. The van der Waals surface area contributed by atoms with Crippen molar-refractivity contribution >= 4 is 18.0 Å². The van der Waals surface area contributed by atoms with E-state index in [-0.39, 0.29) is 12.5 Å². The van der Waals surface area contributed by atoms with Gasteiger partial charge in [0.2, 0.25) is 0 Å². The first-order valence-electron chi connectivity index (χ1n) is 10.0. The van der Waals surface area contributed by atoms with E-state index in [0.717, 1.165) is 12.8 Å². The van der Waals surface area contributed by atoms with Crippen LogP contribution in [-0.2, 0) is 9.47 Å². The fourth-order valence-electron chi connectivity index (χ4n) is 3.15. The summed E-state index contributed by atoms with van der Waals surface area (Å²) in [6.45, 7) is 10.9. The largest absolute Gasteiger partial charge is 0.462 e. The average molecular weight is 405 g/mol. The zero-order chi connectivity index (χ0) is 21.6. The van der Waals surface area contributed by atoms with E-state index in [1.165, 1.54) is 0 Å². The number of alkyl carbamates (subject to hydrolysis) is 1. The number of carbonyl (C=O) groups is 3. The number of hydrogen-bond acceptors (Lipinski definition) is 6. The van der Waals surface area contributed by atoms with Crippen LogP contribution in [0.5, 0.6) is 0 Å². The van der Waals surface area contributed by atoms with Crippen LogP contribution in [0, 0.1) is 12.8 Å². The molecule has 0 aromatic carbocycles. The summed E-state index contributed by atoms with van der Waals surface area (Å²) in [5, 5.41) is 2.80. The monoisotopic (exact) mass is 405 g/mol. The maximum Gasteiger partial charge on any atom is 0.407 e. The van der Waals surface area contributed by atoms with Gasteiger partial charge in [0.05, 0.1) is 17.9 Å². The van der Waals surface area contributed by atoms with Gasteiger partial charge in [0.15, 0.2) is 0 Å². The topological polar surface area (TPSA) is 97.8 Å². The van der Waals surface area contributed by atoms with Crippen LogP contribution in [0.15, 0.2) is 12.1 Å². The first-order valence-corrected chi connectivity index (χ1v) is 10.0. The maximum atomic E-state index is 12.7. The zero-order valence-corrected chi connectivity index (χ0v) is 17.9. The minimum atomic E-state index is -0.520. The molecule has 1 aliphatic heterocycles. The second kappa shape index (κ2) is 9.71. The van der Waals surface area contributed by atoms with Crippen molar-refractivity contribution in [3.05, 3.63) is 29.1 Å². The Hall–Kier alpha value is -2.64. The average Bonchev–Trinajstić information content (AvgIpc) is 2.65. The van der Waals surface area contributed by atoms with Crippen molar-refractivity contribution in [2.24, 2.45) is 5.92 Å². The molecule has 1 aliphatic rings. The van der Waals surface area contributed by atoms with Crippen LogP contribution in [0.4, 0.5) is 4.79 Å². The Morgan fingerprint density at radius 1 is 1.21 bits per heavy atom. The van der Waals surface area contributed by atoms with Gasteiger partial charge in [0.25, 0.3) is 5.91 Å². The van der Waals surface area contributed by atoms with E-state index in [1.807, 2.05) is 20.8 Å². The number of esters is 1. The van der Waals surface area contributed by atoms with Crippen molar-refractivity contribution in [3.8, 4) is 0 Å². The highest BCUT2D eigenvalue weighted by Crippen LogP contribution is 2.19. The number of ether oxygens (including phenoxy) is 2. The van der Waals surface area contributed by atoms with Crippen LogP contribution in [0.3, 0.4) is 0 Å². The van der Waals surface area contributed by atoms with Crippen LogP contribution < -0.4 is 5.32 Å². The molecule has 0 saturated carbocycles. The predicted octanol–water partition coefficient (Wildman–Crippen LogP) is 2.94.